The van der Waals surface area contributed by atoms with Gasteiger partial charge in [0.15, 0.2) is 5.82 Å². The Kier molecular flexibility index (Phi) is 5.27. The highest BCUT2D eigenvalue weighted by Gasteiger charge is 2.16. The van der Waals surface area contributed by atoms with Gasteiger partial charge in [-0.15, -0.1) is 0 Å². The third-order valence-electron chi connectivity index (χ3n) is 3.32. The van der Waals surface area contributed by atoms with Crippen molar-refractivity contribution in [3.8, 4) is 0 Å². The van der Waals surface area contributed by atoms with Gasteiger partial charge >= 0.3 is 0 Å². The Labute approximate surface area is 129 Å². The molecule has 2 rings (SSSR count). The fraction of sp³-hybridized carbons (Fsp3) is 0.438. The average molecular weight is 303 g/mol. The van der Waals surface area contributed by atoms with Gasteiger partial charge in [-0.25, -0.2) is 0 Å². The highest BCUT2D eigenvalue weighted by molar-refractivity contribution is 5.91. The maximum atomic E-state index is 11.9. The minimum atomic E-state index is -0.533. The number of benzene rings is 1. The number of carbonyl (C=O) groups excluding carboxylic acids is 1. The van der Waals surface area contributed by atoms with E-state index in [0.717, 1.165) is 11.3 Å². The van der Waals surface area contributed by atoms with Gasteiger partial charge in [0.2, 0.25) is 11.8 Å². The van der Waals surface area contributed by atoms with E-state index in [0.29, 0.717) is 18.1 Å². The van der Waals surface area contributed by atoms with Crippen molar-refractivity contribution < 1.29 is 14.4 Å². The van der Waals surface area contributed by atoms with E-state index in [2.05, 4.69) is 15.5 Å². The summed E-state index contributed by atoms with van der Waals surface area (Å²) in [5, 5.41) is 16.3. The predicted molar refractivity (Wildman–Crippen MR) is 82.4 cm³/mol. The third-order valence-corrected chi connectivity index (χ3v) is 3.32. The summed E-state index contributed by atoms with van der Waals surface area (Å²) >= 11 is 0. The molecule has 0 radical (unpaired) electrons. The number of amides is 1. The van der Waals surface area contributed by atoms with E-state index in [9.17, 15) is 9.90 Å². The number of carbonyl (C=O) groups is 1. The molecular weight excluding hydrogens is 282 g/mol. The smallest absolute Gasteiger partial charge is 0.232 e. The van der Waals surface area contributed by atoms with Gasteiger partial charge in [0, 0.05) is 5.69 Å². The predicted octanol–water partition coefficient (Wildman–Crippen LogP) is 2.12. The number of aliphatic hydroxyl groups is 1. The van der Waals surface area contributed by atoms with Crippen molar-refractivity contribution >= 4 is 11.6 Å². The van der Waals surface area contributed by atoms with E-state index in [1.54, 1.807) is 0 Å². The fourth-order valence-corrected chi connectivity index (χ4v) is 1.85. The van der Waals surface area contributed by atoms with E-state index in [4.69, 9.17) is 4.52 Å². The van der Waals surface area contributed by atoms with Gasteiger partial charge in [-0.1, -0.05) is 36.7 Å². The molecule has 22 heavy (non-hydrogen) atoms. The van der Waals surface area contributed by atoms with Crippen LogP contribution in [0.15, 0.2) is 28.8 Å². The molecule has 1 atom stereocenters. The molecule has 0 unspecified atom stereocenters. The van der Waals surface area contributed by atoms with Crippen LogP contribution in [0.2, 0.25) is 0 Å². The second-order valence-corrected chi connectivity index (χ2v) is 5.71. The van der Waals surface area contributed by atoms with Crippen molar-refractivity contribution in [2.75, 3.05) is 5.32 Å². The van der Waals surface area contributed by atoms with Crippen molar-refractivity contribution in [3.63, 3.8) is 0 Å². The lowest BCUT2D eigenvalue weighted by Crippen LogP contribution is -2.18. The summed E-state index contributed by atoms with van der Waals surface area (Å²) in [5.41, 5.74) is 1.86. The zero-order valence-electron chi connectivity index (χ0n) is 13.0. The molecule has 2 aromatic rings. The van der Waals surface area contributed by atoms with Crippen LogP contribution in [0, 0.1) is 12.8 Å². The molecule has 1 aromatic heterocycles. The minimum absolute atomic E-state index is 0.0369. The molecular formula is C16H21N3O3. The lowest BCUT2D eigenvalue weighted by atomic mass is 10.0. The van der Waals surface area contributed by atoms with Crippen molar-refractivity contribution in [1.82, 2.24) is 10.1 Å². The van der Waals surface area contributed by atoms with E-state index in [1.165, 1.54) is 0 Å². The zero-order valence-corrected chi connectivity index (χ0v) is 13.0. The van der Waals surface area contributed by atoms with Crippen molar-refractivity contribution in [1.29, 1.82) is 0 Å². The van der Waals surface area contributed by atoms with Crippen LogP contribution >= 0.6 is 0 Å². The number of hydrogen-bond acceptors (Lipinski definition) is 5. The van der Waals surface area contributed by atoms with E-state index in [1.807, 2.05) is 45.0 Å². The topological polar surface area (TPSA) is 88.2 Å². The SMILES string of the molecule is Cc1ccc(NC(=O)Cc2noc(C[C@@H](O)C(C)C)n2)cc1. The monoisotopic (exact) mass is 303 g/mol. The Bertz CT molecular complexity index is 620. The highest BCUT2D eigenvalue weighted by atomic mass is 16.5. The quantitative estimate of drug-likeness (QED) is 0.853. The molecule has 118 valence electrons. The van der Waals surface area contributed by atoms with Gasteiger partial charge in [-0.2, -0.15) is 4.98 Å². The number of aromatic nitrogens is 2. The maximum absolute atomic E-state index is 11.9. The first-order valence-electron chi connectivity index (χ1n) is 7.30. The van der Waals surface area contributed by atoms with Gasteiger partial charge in [-0.05, 0) is 25.0 Å². The molecule has 0 aliphatic heterocycles. The molecule has 1 aromatic carbocycles. The van der Waals surface area contributed by atoms with E-state index >= 15 is 0 Å². The molecule has 0 saturated heterocycles. The van der Waals surface area contributed by atoms with Crippen LogP contribution < -0.4 is 5.32 Å². The van der Waals surface area contributed by atoms with Crippen LogP contribution in [0.3, 0.4) is 0 Å². The standard InChI is InChI=1S/C16H21N3O3/c1-10(2)13(20)8-16-18-14(19-22-16)9-15(21)17-12-6-4-11(3)5-7-12/h4-7,10,13,20H,8-9H2,1-3H3,(H,17,21)/t13-/m1/s1. The molecule has 0 bridgehead atoms. The zero-order chi connectivity index (χ0) is 16.1. The summed E-state index contributed by atoms with van der Waals surface area (Å²) in [6, 6.07) is 7.53. The number of nitrogens with one attached hydrogen (secondary N) is 1. The summed E-state index contributed by atoms with van der Waals surface area (Å²) < 4.78 is 5.05. The van der Waals surface area contributed by atoms with Crippen LogP contribution in [0.1, 0.15) is 31.1 Å². The Morgan fingerprint density at radius 1 is 1.32 bits per heavy atom. The molecule has 6 nitrogen and oxygen atoms in total. The molecule has 1 heterocycles. The number of nitrogens with zero attached hydrogens (tertiary/aromatic N) is 2. The largest absolute Gasteiger partial charge is 0.392 e. The molecule has 0 fully saturated rings. The van der Waals surface area contributed by atoms with Crippen molar-refractivity contribution in [2.24, 2.45) is 5.92 Å². The molecule has 0 saturated carbocycles. The number of hydrogen-bond donors (Lipinski definition) is 2. The molecule has 2 N–H and O–H groups in total. The Hall–Kier alpha value is -2.21. The van der Waals surface area contributed by atoms with Gasteiger partial charge in [0.1, 0.15) is 0 Å². The molecule has 1 amide bonds. The van der Waals surface area contributed by atoms with Crippen LogP contribution in [0.25, 0.3) is 0 Å². The van der Waals surface area contributed by atoms with Crippen LogP contribution in [-0.2, 0) is 17.6 Å². The van der Waals surface area contributed by atoms with Crippen LogP contribution in [-0.4, -0.2) is 27.3 Å². The summed E-state index contributed by atoms with van der Waals surface area (Å²) in [6.07, 6.45) is -0.200. The van der Waals surface area contributed by atoms with Gasteiger partial charge in [0.25, 0.3) is 0 Å². The second kappa shape index (κ2) is 7.17. The summed E-state index contributed by atoms with van der Waals surface area (Å²) in [4.78, 5) is 16.1. The van der Waals surface area contributed by atoms with Gasteiger partial charge < -0.3 is 14.9 Å². The number of anilines is 1. The number of rotatable bonds is 6. The van der Waals surface area contributed by atoms with Crippen molar-refractivity contribution in [3.05, 3.63) is 41.5 Å². The minimum Gasteiger partial charge on any atom is -0.392 e. The molecule has 6 heteroatoms. The van der Waals surface area contributed by atoms with Crippen LogP contribution in [0.5, 0.6) is 0 Å². The Morgan fingerprint density at radius 2 is 2.00 bits per heavy atom. The fourth-order valence-electron chi connectivity index (χ4n) is 1.85. The second-order valence-electron chi connectivity index (χ2n) is 5.71. The average Bonchev–Trinajstić information content (AvgIpc) is 2.88. The molecule has 0 spiro atoms. The lowest BCUT2D eigenvalue weighted by Gasteiger charge is -2.10. The summed E-state index contributed by atoms with van der Waals surface area (Å²) in [5.74, 6) is 0.565. The Morgan fingerprint density at radius 3 is 2.64 bits per heavy atom. The molecule has 0 aliphatic rings. The van der Waals surface area contributed by atoms with Crippen molar-refractivity contribution in [2.45, 2.75) is 39.7 Å². The first-order valence-corrected chi connectivity index (χ1v) is 7.30. The highest BCUT2D eigenvalue weighted by Crippen LogP contribution is 2.11. The number of aliphatic hydroxyl groups excluding tert-OH is 1. The molecule has 0 aliphatic carbocycles. The Balaban J connectivity index is 1.89. The van der Waals surface area contributed by atoms with E-state index < -0.39 is 6.10 Å². The normalized spacial score (nSPS) is 12.4. The summed E-state index contributed by atoms with van der Waals surface area (Å²) in [7, 11) is 0. The van der Waals surface area contributed by atoms with E-state index in [-0.39, 0.29) is 18.2 Å². The summed E-state index contributed by atoms with van der Waals surface area (Å²) in [6.45, 7) is 5.81. The lowest BCUT2D eigenvalue weighted by molar-refractivity contribution is -0.115. The first-order chi connectivity index (χ1) is 10.4. The first kappa shape index (κ1) is 16.2. The van der Waals surface area contributed by atoms with Crippen LogP contribution in [0.4, 0.5) is 5.69 Å². The van der Waals surface area contributed by atoms with Gasteiger partial charge in [-0.3, -0.25) is 4.79 Å². The van der Waals surface area contributed by atoms with Gasteiger partial charge in [0.05, 0.1) is 18.9 Å². The third kappa shape index (κ3) is 4.66. The maximum Gasteiger partial charge on any atom is 0.232 e. The number of aryl methyl sites for hydroxylation is 1.